The molecule has 1 atom stereocenters. The van der Waals surface area contributed by atoms with E-state index >= 15 is 0 Å². The van der Waals surface area contributed by atoms with E-state index in [1.807, 2.05) is 30.3 Å². The first-order valence-electron chi connectivity index (χ1n) is 6.04. The summed E-state index contributed by atoms with van der Waals surface area (Å²) in [5.74, 6) is 1.46. The van der Waals surface area contributed by atoms with Crippen molar-refractivity contribution in [2.24, 2.45) is 5.92 Å². The summed E-state index contributed by atoms with van der Waals surface area (Å²) >= 11 is 0. The van der Waals surface area contributed by atoms with E-state index in [1.54, 1.807) is 0 Å². The number of para-hydroxylation sites is 1. The van der Waals surface area contributed by atoms with Crippen LogP contribution in [0, 0.1) is 5.92 Å². The van der Waals surface area contributed by atoms with Gasteiger partial charge in [0.05, 0.1) is 12.7 Å². The highest BCUT2D eigenvalue weighted by molar-refractivity contribution is 5.20. The lowest BCUT2D eigenvalue weighted by Gasteiger charge is -2.13. The Morgan fingerprint density at radius 1 is 1.19 bits per heavy atom. The zero-order chi connectivity index (χ0) is 11.8. The number of hydrogen-bond acceptors (Lipinski definition) is 2. The smallest absolute Gasteiger partial charge is 0.119 e. The van der Waals surface area contributed by atoms with Gasteiger partial charge < -0.3 is 9.84 Å². The van der Waals surface area contributed by atoms with Crippen molar-refractivity contribution in [1.29, 1.82) is 0 Å². The molecule has 0 aromatic heterocycles. The average molecular weight is 222 g/mol. The van der Waals surface area contributed by atoms with Gasteiger partial charge >= 0.3 is 0 Å². The molecular weight excluding hydrogens is 200 g/mol. The molecule has 0 saturated carbocycles. The molecular formula is C14H22O2. The quantitative estimate of drug-likeness (QED) is 0.718. The highest BCUT2D eigenvalue weighted by Crippen LogP contribution is 2.12. The first-order valence-corrected chi connectivity index (χ1v) is 6.04. The van der Waals surface area contributed by atoms with Crippen LogP contribution in [0.15, 0.2) is 30.3 Å². The van der Waals surface area contributed by atoms with Gasteiger partial charge in [-0.25, -0.2) is 0 Å². The van der Waals surface area contributed by atoms with Crippen molar-refractivity contribution in [3.8, 4) is 5.75 Å². The molecule has 0 saturated heterocycles. The third kappa shape index (κ3) is 5.76. The lowest BCUT2D eigenvalue weighted by atomic mass is 10.0. The minimum Gasteiger partial charge on any atom is -0.494 e. The van der Waals surface area contributed by atoms with Gasteiger partial charge in [-0.1, -0.05) is 32.0 Å². The molecule has 0 amide bonds. The molecule has 2 heteroatoms. The van der Waals surface area contributed by atoms with E-state index in [-0.39, 0.29) is 6.10 Å². The van der Waals surface area contributed by atoms with Crippen LogP contribution >= 0.6 is 0 Å². The highest BCUT2D eigenvalue weighted by atomic mass is 16.5. The van der Waals surface area contributed by atoms with Crippen molar-refractivity contribution >= 4 is 0 Å². The van der Waals surface area contributed by atoms with Crippen LogP contribution in [0.3, 0.4) is 0 Å². The van der Waals surface area contributed by atoms with E-state index in [2.05, 4.69) is 13.8 Å². The lowest BCUT2D eigenvalue weighted by Crippen LogP contribution is -2.11. The summed E-state index contributed by atoms with van der Waals surface area (Å²) in [7, 11) is 0. The van der Waals surface area contributed by atoms with Crippen molar-refractivity contribution in [3.63, 3.8) is 0 Å². The van der Waals surface area contributed by atoms with E-state index in [4.69, 9.17) is 4.74 Å². The third-order valence-corrected chi connectivity index (χ3v) is 2.44. The molecule has 1 unspecified atom stereocenters. The van der Waals surface area contributed by atoms with Gasteiger partial charge in [0, 0.05) is 0 Å². The summed E-state index contributed by atoms with van der Waals surface area (Å²) in [6.45, 7) is 4.94. The summed E-state index contributed by atoms with van der Waals surface area (Å²) in [6, 6.07) is 9.79. The molecule has 90 valence electrons. The van der Waals surface area contributed by atoms with Gasteiger partial charge in [0.15, 0.2) is 0 Å². The Bertz CT molecular complexity index is 269. The molecule has 0 aliphatic carbocycles. The maximum absolute atomic E-state index is 9.66. The fourth-order valence-electron chi connectivity index (χ4n) is 1.69. The zero-order valence-corrected chi connectivity index (χ0v) is 10.2. The number of rotatable bonds is 7. The van der Waals surface area contributed by atoms with Crippen LogP contribution in [0.2, 0.25) is 0 Å². The fraction of sp³-hybridized carbons (Fsp3) is 0.571. The van der Waals surface area contributed by atoms with Gasteiger partial charge in [-0.2, -0.15) is 0 Å². The second-order valence-corrected chi connectivity index (χ2v) is 4.59. The number of aliphatic hydroxyl groups is 1. The molecule has 1 N–H and O–H groups in total. The van der Waals surface area contributed by atoms with Crippen LogP contribution in [0.5, 0.6) is 5.75 Å². The standard InChI is InChI=1S/C14H22O2/c1-12(2)11-13(15)7-6-10-16-14-8-4-3-5-9-14/h3-5,8-9,12-13,15H,6-7,10-11H2,1-2H3. The molecule has 2 nitrogen and oxygen atoms in total. The summed E-state index contributed by atoms with van der Waals surface area (Å²) in [6.07, 6.45) is 2.43. The Morgan fingerprint density at radius 2 is 1.88 bits per heavy atom. The minimum absolute atomic E-state index is 0.181. The molecule has 1 aromatic rings. The highest BCUT2D eigenvalue weighted by Gasteiger charge is 2.06. The van der Waals surface area contributed by atoms with Gasteiger partial charge in [-0.05, 0) is 37.3 Å². The Balaban J connectivity index is 2.08. The summed E-state index contributed by atoms with van der Waals surface area (Å²) in [5.41, 5.74) is 0. The molecule has 0 radical (unpaired) electrons. The van der Waals surface area contributed by atoms with Crippen LogP contribution in [-0.2, 0) is 0 Å². The number of ether oxygens (including phenoxy) is 1. The molecule has 0 bridgehead atoms. The number of aliphatic hydroxyl groups excluding tert-OH is 1. The van der Waals surface area contributed by atoms with Crippen molar-refractivity contribution in [2.75, 3.05) is 6.61 Å². The Morgan fingerprint density at radius 3 is 2.50 bits per heavy atom. The second-order valence-electron chi connectivity index (χ2n) is 4.59. The first kappa shape index (κ1) is 13.0. The summed E-state index contributed by atoms with van der Waals surface area (Å²) in [5, 5.41) is 9.66. The Kier molecular flexibility index (Phi) is 5.94. The predicted molar refractivity (Wildman–Crippen MR) is 66.6 cm³/mol. The zero-order valence-electron chi connectivity index (χ0n) is 10.2. The topological polar surface area (TPSA) is 29.5 Å². The molecule has 0 heterocycles. The van der Waals surface area contributed by atoms with Crippen LogP contribution in [0.1, 0.15) is 33.1 Å². The van der Waals surface area contributed by atoms with Crippen LogP contribution < -0.4 is 4.74 Å². The summed E-state index contributed by atoms with van der Waals surface area (Å²) < 4.78 is 5.55. The van der Waals surface area contributed by atoms with Crippen LogP contribution in [-0.4, -0.2) is 17.8 Å². The lowest BCUT2D eigenvalue weighted by molar-refractivity contribution is 0.130. The molecule has 1 aromatic carbocycles. The van der Waals surface area contributed by atoms with Crippen LogP contribution in [0.4, 0.5) is 0 Å². The Hall–Kier alpha value is -1.02. The molecule has 0 fully saturated rings. The van der Waals surface area contributed by atoms with E-state index in [1.165, 1.54) is 0 Å². The minimum atomic E-state index is -0.181. The Labute approximate surface area is 98.3 Å². The van der Waals surface area contributed by atoms with Gasteiger partial charge in [0.25, 0.3) is 0 Å². The third-order valence-electron chi connectivity index (χ3n) is 2.44. The SMILES string of the molecule is CC(C)CC(O)CCCOc1ccccc1. The van der Waals surface area contributed by atoms with E-state index in [0.717, 1.165) is 25.0 Å². The van der Waals surface area contributed by atoms with Crippen molar-refractivity contribution in [1.82, 2.24) is 0 Å². The molecule has 16 heavy (non-hydrogen) atoms. The van der Waals surface area contributed by atoms with E-state index in [0.29, 0.717) is 12.5 Å². The summed E-state index contributed by atoms with van der Waals surface area (Å²) in [4.78, 5) is 0. The van der Waals surface area contributed by atoms with Gasteiger partial charge in [0.1, 0.15) is 5.75 Å². The molecule has 0 spiro atoms. The van der Waals surface area contributed by atoms with Crippen molar-refractivity contribution in [2.45, 2.75) is 39.2 Å². The molecule has 0 aliphatic rings. The van der Waals surface area contributed by atoms with E-state index in [9.17, 15) is 5.11 Å². The second kappa shape index (κ2) is 7.29. The molecule has 1 rings (SSSR count). The maximum Gasteiger partial charge on any atom is 0.119 e. The molecule has 0 aliphatic heterocycles. The van der Waals surface area contributed by atoms with Gasteiger partial charge in [-0.15, -0.1) is 0 Å². The monoisotopic (exact) mass is 222 g/mol. The average Bonchev–Trinajstić information content (AvgIpc) is 2.25. The normalized spacial score (nSPS) is 12.8. The van der Waals surface area contributed by atoms with Gasteiger partial charge in [-0.3, -0.25) is 0 Å². The predicted octanol–water partition coefficient (Wildman–Crippen LogP) is 3.25. The first-order chi connectivity index (χ1) is 7.68. The number of benzene rings is 1. The maximum atomic E-state index is 9.66. The number of hydrogen-bond donors (Lipinski definition) is 1. The largest absolute Gasteiger partial charge is 0.494 e. The van der Waals surface area contributed by atoms with E-state index < -0.39 is 0 Å². The van der Waals surface area contributed by atoms with Crippen molar-refractivity contribution < 1.29 is 9.84 Å². The van der Waals surface area contributed by atoms with Gasteiger partial charge in [0.2, 0.25) is 0 Å². The van der Waals surface area contributed by atoms with Crippen LogP contribution in [0.25, 0.3) is 0 Å². The fourth-order valence-corrected chi connectivity index (χ4v) is 1.69. The van der Waals surface area contributed by atoms with Crippen molar-refractivity contribution in [3.05, 3.63) is 30.3 Å².